The van der Waals surface area contributed by atoms with Gasteiger partial charge >= 0.3 is 5.97 Å². The van der Waals surface area contributed by atoms with Crippen LogP contribution in [0.15, 0.2) is 42.5 Å². The maximum absolute atomic E-state index is 14.0. The molecule has 23 heavy (non-hydrogen) atoms. The molecule has 0 atom stereocenters. The van der Waals surface area contributed by atoms with Crippen LogP contribution < -0.4 is 0 Å². The molecule has 0 unspecified atom stereocenters. The lowest BCUT2D eigenvalue weighted by Crippen LogP contribution is -1.97. The van der Waals surface area contributed by atoms with E-state index in [9.17, 15) is 9.18 Å². The molecule has 6 heteroatoms. The van der Waals surface area contributed by atoms with Gasteiger partial charge in [-0.2, -0.15) is 0 Å². The van der Waals surface area contributed by atoms with E-state index in [1.165, 1.54) is 29.5 Å². The van der Waals surface area contributed by atoms with Crippen LogP contribution in [0.4, 0.5) is 4.39 Å². The minimum absolute atomic E-state index is 0.171. The van der Waals surface area contributed by atoms with Crippen molar-refractivity contribution in [1.82, 2.24) is 4.98 Å². The number of carboxylic acid groups (broad SMARTS) is 1. The van der Waals surface area contributed by atoms with Gasteiger partial charge < -0.3 is 5.11 Å². The van der Waals surface area contributed by atoms with E-state index in [0.29, 0.717) is 10.6 Å². The van der Waals surface area contributed by atoms with Gasteiger partial charge in [-0.1, -0.05) is 29.8 Å². The topological polar surface area (TPSA) is 50.2 Å². The van der Waals surface area contributed by atoms with Crippen molar-refractivity contribution in [3.63, 3.8) is 0 Å². The van der Waals surface area contributed by atoms with Crippen LogP contribution in [0.1, 0.15) is 17.0 Å². The molecule has 1 N–H and O–H groups in total. The Morgan fingerprint density at radius 1 is 1.26 bits per heavy atom. The number of para-hydroxylation sites is 1. The highest BCUT2D eigenvalue weighted by Gasteiger charge is 2.14. The highest BCUT2D eigenvalue weighted by Crippen LogP contribution is 2.32. The predicted octanol–water partition coefficient (Wildman–Crippen LogP) is 5.10. The molecule has 2 aromatic carbocycles. The first-order valence-electron chi connectivity index (χ1n) is 6.77. The molecule has 0 saturated heterocycles. The zero-order valence-corrected chi connectivity index (χ0v) is 13.4. The summed E-state index contributed by atoms with van der Waals surface area (Å²) in [6, 6.07) is 11.9. The van der Waals surface area contributed by atoms with Crippen LogP contribution in [-0.4, -0.2) is 16.1 Å². The molecule has 3 aromatic rings. The quantitative estimate of drug-likeness (QED) is 0.714. The van der Waals surface area contributed by atoms with Crippen LogP contribution >= 0.6 is 22.9 Å². The molecule has 0 fully saturated rings. The summed E-state index contributed by atoms with van der Waals surface area (Å²) in [6.45, 7) is 0. The number of hydrogen-bond acceptors (Lipinski definition) is 3. The van der Waals surface area contributed by atoms with Crippen LogP contribution in [0.25, 0.3) is 21.9 Å². The van der Waals surface area contributed by atoms with Gasteiger partial charge in [-0.3, -0.25) is 4.79 Å². The molecule has 1 heterocycles. The van der Waals surface area contributed by atoms with Gasteiger partial charge in [0.25, 0.3) is 0 Å². The number of halogens is 2. The molecule has 0 bridgehead atoms. The molecule has 0 radical (unpaired) electrons. The number of nitrogens with zero attached hydrogens (tertiary/aromatic N) is 1. The Morgan fingerprint density at radius 3 is 2.74 bits per heavy atom. The largest absolute Gasteiger partial charge is 0.481 e. The molecular formula is C17H11ClFNO2S. The van der Waals surface area contributed by atoms with Crippen LogP contribution in [0, 0.1) is 5.82 Å². The SMILES string of the molecule is O=C(O)C/C(=C\c1c(F)cccc1Cl)c1nc2ccccc2s1. The number of benzene rings is 2. The van der Waals surface area contributed by atoms with Gasteiger partial charge in [-0.15, -0.1) is 11.3 Å². The molecule has 0 saturated carbocycles. The predicted molar refractivity (Wildman–Crippen MR) is 91.2 cm³/mol. The lowest BCUT2D eigenvalue weighted by molar-refractivity contribution is -0.135. The fourth-order valence-electron chi connectivity index (χ4n) is 2.18. The first-order valence-corrected chi connectivity index (χ1v) is 7.96. The van der Waals surface area contributed by atoms with Crippen molar-refractivity contribution in [2.24, 2.45) is 0 Å². The number of hydrogen-bond donors (Lipinski definition) is 1. The Bertz CT molecular complexity index is 867. The molecule has 1 aromatic heterocycles. The average molecular weight is 348 g/mol. The fraction of sp³-hybridized carbons (Fsp3) is 0.0588. The molecule has 3 rings (SSSR count). The van der Waals surface area contributed by atoms with Gasteiger partial charge in [0.05, 0.1) is 21.7 Å². The van der Waals surface area contributed by atoms with Crippen molar-refractivity contribution in [1.29, 1.82) is 0 Å². The van der Waals surface area contributed by atoms with E-state index in [4.69, 9.17) is 16.7 Å². The van der Waals surface area contributed by atoms with Gasteiger partial charge in [0, 0.05) is 5.56 Å². The molecular weight excluding hydrogens is 337 g/mol. The molecule has 0 aliphatic rings. The van der Waals surface area contributed by atoms with E-state index in [2.05, 4.69) is 4.98 Å². The van der Waals surface area contributed by atoms with Gasteiger partial charge in [-0.05, 0) is 35.9 Å². The van der Waals surface area contributed by atoms with E-state index < -0.39 is 11.8 Å². The second-order valence-electron chi connectivity index (χ2n) is 4.86. The summed E-state index contributed by atoms with van der Waals surface area (Å²) in [7, 11) is 0. The second-order valence-corrected chi connectivity index (χ2v) is 6.30. The number of fused-ring (bicyclic) bond motifs is 1. The number of thiazole rings is 1. The highest BCUT2D eigenvalue weighted by atomic mass is 35.5. The summed E-state index contributed by atoms with van der Waals surface area (Å²) in [5.41, 5.74) is 1.37. The summed E-state index contributed by atoms with van der Waals surface area (Å²) in [6.07, 6.45) is 1.20. The summed E-state index contributed by atoms with van der Waals surface area (Å²) >= 11 is 7.40. The average Bonchev–Trinajstić information content (AvgIpc) is 2.93. The lowest BCUT2D eigenvalue weighted by atomic mass is 10.1. The third kappa shape index (κ3) is 3.41. The first-order chi connectivity index (χ1) is 11.0. The zero-order chi connectivity index (χ0) is 16.4. The number of carboxylic acids is 1. The smallest absolute Gasteiger partial charge is 0.307 e. The van der Waals surface area contributed by atoms with Crippen molar-refractivity contribution >= 4 is 50.8 Å². The van der Waals surface area contributed by atoms with Crippen LogP contribution in [0.5, 0.6) is 0 Å². The van der Waals surface area contributed by atoms with Gasteiger partial charge in [0.1, 0.15) is 10.8 Å². The first kappa shape index (κ1) is 15.6. The van der Waals surface area contributed by atoms with E-state index in [-0.39, 0.29) is 17.0 Å². The van der Waals surface area contributed by atoms with E-state index in [1.807, 2.05) is 24.3 Å². The van der Waals surface area contributed by atoms with Gasteiger partial charge in [0.15, 0.2) is 0 Å². The van der Waals surface area contributed by atoms with E-state index >= 15 is 0 Å². The Balaban J connectivity index is 2.14. The fourth-order valence-corrected chi connectivity index (χ4v) is 3.38. The summed E-state index contributed by atoms with van der Waals surface area (Å²) in [4.78, 5) is 15.6. The van der Waals surface area contributed by atoms with Crippen molar-refractivity contribution in [2.45, 2.75) is 6.42 Å². The van der Waals surface area contributed by atoms with Crippen molar-refractivity contribution in [3.05, 3.63) is 63.9 Å². The molecule has 0 aliphatic heterocycles. The standard InChI is InChI=1S/C17H11ClFNO2S/c18-12-4-3-5-13(19)11(12)8-10(9-16(21)22)17-20-14-6-1-2-7-15(14)23-17/h1-8H,9H2,(H,21,22)/b10-8+. The van der Waals surface area contributed by atoms with Gasteiger partial charge in [-0.25, -0.2) is 9.37 Å². The van der Waals surface area contributed by atoms with E-state index in [0.717, 1.165) is 10.2 Å². The summed E-state index contributed by atoms with van der Waals surface area (Å²) < 4.78 is 14.9. The maximum Gasteiger partial charge on any atom is 0.307 e. The second kappa shape index (κ2) is 6.48. The Morgan fingerprint density at radius 2 is 2.04 bits per heavy atom. The molecule has 3 nitrogen and oxygen atoms in total. The summed E-state index contributed by atoms with van der Waals surface area (Å²) in [5, 5.41) is 9.93. The Labute approximate surface area is 140 Å². The normalized spacial score (nSPS) is 11.8. The monoisotopic (exact) mass is 347 g/mol. The highest BCUT2D eigenvalue weighted by molar-refractivity contribution is 7.19. The Kier molecular flexibility index (Phi) is 4.41. The summed E-state index contributed by atoms with van der Waals surface area (Å²) in [5.74, 6) is -1.51. The number of aliphatic carboxylic acids is 1. The van der Waals surface area contributed by atoms with Crippen LogP contribution in [0.2, 0.25) is 5.02 Å². The van der Waals surface area contributed by atoms with E-state index in [1.54, 1.807) is 6.07 Å². The number of carbonyl (C=O) groups is 1. The lowest BCUT2D eigenvalue weighted by Gasteiger charge is -2.04. The molecule has 116 valence electrons. The maximum atomic E-state index is 14.0. The minimum atomic E-state index is -1.01. The van der Waals surface area contributed by atoms with Gasteiger partial charge in [0.2, 0.25) is 0 Å². The zero-order valence-electron chi connectivity index (χ0n) is 11.8. The molecule has 0 amide bonds. The van der Waals surface area contributed by atoms with Crippen molar-refractivity contribution in [3.8, 4) is 0 Å². The third-order valence-corrected chi connectivity index (χ3v) is 4.67. The van der Waals surface area contributed by atoms with Crippen molar-refractivity contribution in [2.75, 3.05) is 0 Å². The number of rotatable bonds is 4. The Hall–Kier alpha value is -2.24. The molecule has 0 spiro atoms. The van der Waals surface area contributed by atoms with Crippen LogP contribution in [-0.2, 0) is 4.79 Å². The molecule has 0 aliphatic carbocycles. The minimum Gasteiger partial charge on any atom is -0.481 e. The van der Waals surface area contributed by atoms with Crippen LogP contribution in [0.3, 0.4) is 0 Å². The third-order valence-electron chi connectivity index (χ3n) is 3.23. The van der Waals surface area contributed by atoms with Crippen molar-refractivity contribution < 1.29 is 14.3 Å². The number of aromatic nitrogens is 1.